The van der Waals surface area contributed by atoms with Crippen LogP contribution in [-0.4, -0.2) is 63.5 Å². The van der Waals surface area contributed by atoms with Crippen molar-refractivity contribution in [2.45, 2.75) is 31.4 Å². The monoisotopic (exact) mass is 615 g/mol. The molecule has 3 N–H and O–H groups in total. The number of carbonyl (C=O) groups excluding carboxylic acids is 3. The Bertz CT molecular complexity index is 1600. The van der Waals surface area contributed by atoms with E-state index in [4.69, 9.17) is 21.1 Å². The SMILES string of the molecule is O=C(/C=C/c1cc(Cl)ccc1-n1cnnn1)N[C@H](CNc1ccc(NC(=O)OC[C@H]2CCC(=O)O2)cc1)Cc1ccccc1. The molecule has 1 saturated heterocycles. The number of rotatable bonds is 12. The fourth-order valence-electron chi connectivity index (χ4n) is 4.56. The summed E-state index contributed by atoms with van der Waals surface area (Å²) in [5.74, 6) is -0.557. The summed E-state index contributed by atoms with van der Waals surface area (Å²) in [6.45, 7) is 0.455. The molecule has 13 heteroatoms. The van der Waals surface area contributed by atoms with Gasteiger partial charge in [-0.05, 0) is 77.4 Å². The zero-order valence-corrected chi connectivity index (χ0v) is 24.3. The van der Waals surface area contributed by atoms with Gasteiger partial charge in [0.05, 0.1) is 11.7 Å². The summed E-state index contributed by atoms with van der Waals surface area (Å²) in [4.78, 5) is 36.3. The Morgan fingerprint density at radius 1 is 1.09 bits per heavy atom. The molecule has 0 spiro atoms. The molecule has 0 aliphatic carbocycles. The summed E-state index contributed by atoms with van der Waals surface area (Å²) >= 11 is 6.20. The van der Waals surface area contributed by atoms with Crippen LogP contribution >= 0.6 is 11.6 Å². The molecule has 4 aromatic rings. The molecule has 44 heavy (non-hydrogen) atoms. The number of amides is 2. The third-order valence-corrected chi connectivity index (χ3v) is 6.96. The van der Waals surface area contributed by atoms with Crippen LogP contribution < -0.4 is 16.0 Å². The molecule has 5 rings (SSSR count). The zero-order valence-electron chi connectivity index (χ0n) is 23.6. The van der Waals surface area contributed by atoms with E-state index in [0.717, 1.165) is 11.3 Å². The fraction of sp³-hybridized carbons (Fsp3) is 0.226. The highest BCUT2D eigenvalue weighted by Crippen LogP contribution is 2.21. The minimum atomic E-state index is -0.629. The van der Waals surface area contributed by atoms with Crippen molar-refractivity contribution in [2.75, 3.05) is 23.8 Å². The molecule has 1 fully saturated rings. The van der Waals surface area contributed by atoms with Crippen molar-refractivity contribution in [1.29, 1.82) is 0 Å². The number of halogens is 1. The number of cyclic esters (lactones) is 1. The number of carbonyl (C=O) groups is 3. The second-order valence-electron chi connectivity index (χ2n) is 10.0. The van der Waals surface area contributed by atoms with Crippen LogP contribution in [0.3, 0.4) is 0 Å². The number of tetrazole rings is 1. The van der Waals surface area contributed by atoms with Crippen molar-refractivity contribution >= 4 is 47.0 Å². The topological polar surface area (TPSA) is 149 Å². The third-order valence-electron chi connectivity index (χ3n) is 6.72. The standard InChI is InChI=1S/C31H30ClN7O5/c32-23-7-13-28(39-20-34-37-38-39)22(17-23)6-14-29(40)35-26(16-21-4-2-1-3-5-21)18-33-24-8-10-25(11-9-24)36-31(42)43-19-27-12-15-30(41)44-27/h1-11,13-14,17,20,26-27,33H,12,15-16,18-19H2,(H,35,40)(H,36,42)/b14-6+/t26-,27+/m0/s1. The molecule has 0 bridgehead atoms. The predicted molar refractivity (Wildman–Crippen MR) is 164 cm³/mol. The maximum Gasteiger partial charge on any atom is 0.411 e. The number of anilines is 2. The van der Waals surface area contributed by atoms with Gasteiger partial charge >= 0.3 is 12.1 Å². The Balaban J connectivity index is 1.18. The number of esters is 1. The summed E-state index contributed by atoms with van der Waals surface area (Å²) in [5, 5.41) is 20.9. The molecular formula is C31H30ClN7O5. The predicted octanol–water partition coefficient (Wildman–Crippen LogP) is 4.42. The van der Waals surface area contributed by atoms with E-state index in [1.54, 1.807) is 36.4 Å². The highest BCUT2D eigenvalue weighted by Gasteiger charge is 2.24. The van der Waals surface area contributed by atoms with Gasteiger partial charge in [0, 0.05) is 41.0 Å². The summed E-state index contributed by atoms with van der Waals surface area (Å²) in [7, 11) is 0. The van der Waals surface area contributed by atoms with Gasteiger partial charge < -0.3 is 20.1 Å². The second kappa shape index (κ2) is 14.8. The smallest absolute Gasteiger partial charge is 0.411 e. The highest BCUT2D eigenvalue weighted by molar-refractivity contribution is 6.30. The van der Waals surface area contributed by atoms with Gasteiger partial charge in [0.15, 0.2) is 0 Å². The Hall–Kier alpha value is -5.23. The van der Waals surface area contributed by atoms with Gasteiger partial charge in [0.25, 0.3) is 0 Å². The first-order valence-electron chi connectivity index (χ1n) is 13.9. The normalized spacial score (nSPS) is 15.0. The first-order valence-corrected chi connectivity index (χ1v) is 14.3. The van der Waals surface area contributed by atoms with Gasteiger partial charge in [-0.1, -0.05) is 41.9 Å². The zero-order chi connectivity index (χ0) is 30.7. The first kappa shape index (κ1) is 30.2. The van der Waals surface area contributed by atoms with E-state index in [1.165, 1.54) is 17.1 Å². The highest BCUT2D eigenvalue weighted by atomic mass is 35.5. The Kier molecular flexibility index (Phi) is 10.2. The molecule has 0 unspecified atom stereocenters. The van der Waals surface area contributed by atoms with Crippen LogP contribution in [0.25, 0.3) is 11.8 Å². The first-order chi connectivity index (χ1) is 21.4. The van der Waals surface area contributed by atoms with Crippen molar-refractivity contribution < 1.29 is 23.9 Å². The molecule has 12 nitrogen and oxygen atoms in total. The summed E-state index contributed by atoms with van der Waals surface area (Å²) < 4.78 is 11.7. The molecule has 1 aliphatic heterocycles. The number of ether oxygens (including phenoxy) is 2. The lowest BCUT2D eigenvalue weighted by Crippen LogP contribution is -2.40. The summed E-state index contributed by atoms with van der Waals surface area (Å²) in [5.41, 5.74) is 3.78. The van der Waals surface area contributed by atoms with Gasteiger partial charge in [-0.25, -0.2) is 4.79 Å². The minimum absolute atomic E-state index is 0.0144. The average molecular weight is 616 g/mol. The number of benzene rings is 3. The lowest BCUT2D eigenvalue weighted by molar-refractivity contribution is -0.142. The van der Waals surface area contributed by atoms with Crippen LogP contribution in [0, 0.1) is 0 Å². The molecule has 3 aromatic carbocycles. The maximum atomic E-state index is 13.0. The van der Waals surface area contributed by atoms with Crippen molar-refractivity contribution in [3.8, 4) is 5.69 Å². The molecule has 0 radical (unpaired) electrons. The number of nitrogens with one attached hydrogen (secondary N) is 3. The largest absolute Gasteiger partial charge is 0.459 e. The summed E-state index contributed by atoms with van der Waals surface area (Å²) in [6, 6.07) is 22.0. The van der Waals surface area contributed by atoms with Gasteiger partial charge in [0.1, 0.15) is 19.0 Å². The maximum absolute atomic E-state index is 13.0. The van der Waals surface area contributed by atoms with Gasteiger partial charge in [0.2, 0.25) is 5.91 Å². The van der Waals surface area contributed by atoms with E-state index in [0.29, 0.717) is 47.8 Å². The number of hydrogen-bond donors (Lipinski definition) is 3. The summed E-state index contributed by atoms with van der Waals surface area (Å²) in [6.07, 6.45) is 5.04. The van der Waals surface area contributed by atoms with E-state index in [9.17, 15) is 14.4 Å². The van der Waals surface area contributed by atoms with Crippen LogP contribution in [-0.2, 0) is 25.5 Å². The molecular weight excluding hydrogens is 586 g/mol. The van der Waals surface area contributed by atoms with Crippen molar-refractivity contribution in [1.82, 2.24) is 25.5 Å². The molecule has 2 heterocycles. The molecule has 2 amide bonds. The van der Waals surface area contributed by atoms with Crippen LogP contribution in [0.1, 0.15) is 24.0 Å². The van der Waals surface area contributed by atoms with Gasteiger partial charge in [-0.3, -0.25) is 14.9 Å². The van der Waals surface area contributed by atoms with Gasteiger partial charge in [-0.15, -0.1) is 5.10 Å². The molecule has 226 valence electrons. The number of hydrogen-bond acceptors (Lipinski definition) is 9. The fourth-order valence-corrected chi connectivity index (χ4v) is 4.74. The molecule has 1 aliphatic rings. The molecule has 2 atom stereocenters. The average Bonchev–Trinajstić information content (AvgIpc) is 3.71. The lowest BCUT2D eigenvalue weighted by Gasteiger charge is -2.20. The number of nitrogens with zero attached hydrogens (tertiary/aromatic N) is 4. The van der Waals surface area contributed by atoms with E-state index < -0.39 is 12.2 Å². The van der Waals surface area contributed by atoms with Crippen LogP contribution in [0.2, 0.25) is 5.02 Å². The molecule has 0 saturated carbocycles. The van der Waals surface area contributed by atoms with Crippen molar-refractivity contribution in [3.05, 3.63) is 101 Å². The third kappa shape index (κ3) is 8.88. The Morgan fingerprint density at radius 3 is 2.61 bits per heavy atom. The lowest BCUT2D eigenvalue weighted by atomic mass is 10.1. The number of aromatic nitrogens is 4. The van der Waals surface area contributed by atoms with Crippen molar-refractivity contribution in [3.63, 3.8) is 0 Å². The van der Waals surface area contributed by atoms with Gasteiger partial charge in [-0.2, -0.15) is 4.68 Å². The van der Waals surface area contributed by atoms with Crippen molar-refractivity contribution in [2.24, 2.45) is 0 Å². The van der Waals surface area contributed by atoms with E-state index in [-0.39, 0.29) is 24.5 Å². The Labute approximate surface area is 258 Å². The van der Waals surface area contributed by atoms with E-state index in [1.807, 2.05) is 42.5 Å². The Morgan fingerprint density at radius 2 is 1.89 bits per heavy atom. The quantitative estimate of drug-likeness (QED) is 0.155. The minimum Gasteiger partial charge on any atom is -0.459 e. The van der Waals surface area contributed by atoms with Crippen LogP contribution in [0.4, 0.5) is 16.2 Å². The van der Waals surface area contributed by atoms with E-state index >= 15 is 0 Å². The van der Waals surface area contributed by atoms with E-state index in [2.05, 4.69) is 31.5 Å². The van der Waals surface area contributed by atoms with Crippen LogP contribution in [0.5, 0.6) is 0 Å². The second-order valence-corrected chi connectivity index (χ2v) is 10.5. The molecule has 1 aromatic heterocycles. The van der Waals surface area contributed by atoms with Crippen LogP contribution in [0.15, 0.2) is 85.2 Å².